The van der Waals surface area contributed by atoms with E-state index in [9.17, 15) is 0 Å². The molecule has 0 saturated heterocycles. The third-order valence-electron chi connectivity index (χ3n) is 2.45. The molecule has 2 aromatic rings. The lowest BCUT2D eigenvalue weighted by Crippen LogP contribution is -2.16. The summed E-state index contributed by atoms with van der Waals surface area (Å²) < 4.78 is 1.87. The zero-order valence-electron chi connectivity index (χ0n) is 9.58. The largest absolute Gasteiger partial charge is 0.396 e. The number of rotatable bonds is 0. The van der Waals surface area contributed by atoms with E-state index in [-0.39, 0.29) is 5.41 Å². The molecule has 0 saturated carbocycles. The van der Waals surface area contributed by atoms with Crippen LogP contribution in [0.1, 0.15) is 26.5 Å². The fourth-order valence-corrected chi connectivity index (χ4v) is 2.11. The summed E-state index contributed by atoms with van der Waals surface area (Å²) in [6.07, 6.45) is 1.79. The Hall–Kier alpha value is -1.42. The van der Waals surface area contributed by atoms with Crippen LogP contribution in [0.15, 0.2) is 12.3 Å². The van der Waals surface area contributed by atoms with Crippen LogP contribution in [0.25, 0.3) is 5.65 Å². The Bertz CT molecular complexity index is 551. The van der Waals surface area contributed by atoms with Crippen molar-refractivity contribution in [2.24, 2.45) is 0 Å². The second kappa shape index (κ2) is 3.28. The number of hydrogen-bond acceptors (Lipinski definition) is 3. The van der Waals surface area contributed by atoms with Crippen molar-refractivity contribution in [3.8, 4) is 0 Å². The molecule has 0 spiro atoms. The monoisotopic (exact) mass is 238 g/mol. The number of hydrogen-bond donors (Lipinski definition) is 2. The quantitative estimate of drug-likeness (QED) is 0.741. The molecule has 0 atom stereocenters. The number of anilines is 2. The van der Waals surface area contributed by atoms with E-state index in [0.29, 0.717) is 22.2 Å². The molecule has 0 aliphatic rings. The number of imidazole rings is 1. The standard InChI is InChI=1S/C11H15ClN4/c1-11(2,3)8-9(14)15-10-7(13)4-6(12)5-16(8)10/h4-5H,13-14H2,1-3H3. The first-order valence-corrected chi connectivity index (χ1v) is 5.41. The predicted octanol–water partition coefficient (Wildman–Crippen LogP) is 2.45. The lowest BCUT2D eigenvalue weighted by atomic mass is 9.92. The van der Waals surface area contributed by atoms with Crippen LogP contribution in [-0.2, 0) is 5.41 Å². The Labute approximate surface area is 99.2 Å². The van der Waals surface area contributed by atoms with E-state index in [2.05, 4.69) is 25.8 Å². The van der Waals surface area contributed by atoms with Crippen LogP contribution in [0.4, 0.5) is 11.5 Å². The molecule has 0 aromatic carbocycles. The minimum atomic E-state index is -0.110. The van der Waals surface area contributed by atoms with Crippen molar-refractivity contribution in [1.82, 2.24) is 9.38 Å². The predicted molar refractivity (Wildman–Crippen MR) is 67.7 cm³/mol. The van der Waals surface area contributed by atoms with Crippen molar-refractivity contribution in [2.45, 2.75) is 26.2 Å². The first kappa shape index (κ1) is 11.1. The van der Waals surface area contributed by atoms with Crippen LogP contribution < -0.4 is 11.5 Å². The second-order valence-electron chi connectivity index (χ2n) is 4.90. The van der Waals surface area contributed by atoms with Gasteiger partial charge < -0.3 is 11.5 Å². The van der Waals surface area contributed by atoms with Crippen LogP contribution in [0.5, 0.6) is 0 Å². The fraction of sp³-hybridized carbons (Fsp3) is 0.364. The van der Waals surface area contributed by atoms with Gasteiger partial charge in [0.1, 0.15) is 5.82 Å². The van der Waals surface area contributed by atoms with Crippen LogP contribution in [0.2, 0.25) is 5.02 Å². The highest BCUT2D eigenvalue weighted by molar-refractivity contribution is 6.30. The Morgan fingerprint density at radius 3 is 2.50 bits per heavy atom. The van der Waals surface area contributed by atoms with Gasteiger partial charge >= 0.3 is 0 Å². The SMILES string of the molecule is CC(C)(C)c1c(N)nc2c(N)cc(Cl)cn12. The number of aromatic nitrogens is 2. The highest BCUT2D eigenvalue weighted by atomic mass is 35.5. The third kappa shape index (κ3) is 1.59. The molecule has 0 amide bonds. The van der Waals surface area contributed by atoms with Gasteiger partial charge in [-0.1, -0.05) is 32.4 Å². The summed E-state index contributed by atoms with van der Waals surface area (Å²) in [6.45, 7) is 6.22. The Kier molecular flexibility index (Phi) is 2.27. The normalized spacial score (nSPS) is 12.2. The molecule has 0 unspecified atom stereocenters. The van der Waals surface area contributed by atoms with Crippen molar-refractivity contribution in [3.63, 3.8) is 0 Å². The fourth-order valence-electron chi connectivity index (χ4n) is 1.90. The molecule has 0 bridgehead atoms. The van der Waals surface area contributed by atoms with E-state index < -0.39 is 0 Å². The van der Waals surface area contributed by atoms with Crippen molar-refractivity contribution >= 4 is 28.8 Å². The number of nitrogens with two attached hydrogens (primary N) is 2. The van der Waals surface area contributed by atoms with Crippen LogP contribution in [0, 0.1) is 0 Å². The molecule has 2 rings (SSSR count). The van der Waals surface area contributed by atoms with Gasteiger partial charge in [0.2, 0.25) is 0 Å². The van der Waals surface area contributed by atoms with Crippen molar-refractivity contribution in [1.29, 1.82) is 0 Å². The maximum Gasteiger partial charge on any atom is 0.162 e. The minimum Gasteiger partial charge on any atom is -0.396 e. The van der Waals surface area contributed by atoms with Crippen LogP contribution >= 0.6 is 11.6 Å². The molecule has 0 aliphatic carbocycles. The number of nitrogen functional groups attached to an aromatic ring is 2. The van der Waals surface area contributed by atoms with E-state index in [0.717, 1.165) is 5.69 Å². The van der Waals surface area contributed by atoms with E-state index in [1.807, 2.05) is 4.40 Å². The summed E-state index contributed by atoms with van der Waals surface area (Å²) in [6, 6.07) is 1.68. The van der Waals surface area contributed by atoms with Crippen molar-refractivity contribution in [3.05, 3.63) is 23.0 Å². The number of fused-ring (bicyclic) bond motifs is 1. The first-order valence-electron chi connectivity index (χ1n) is 5.03. The summed E-state index contributed by atoms with van der Waals surface area (Å²) in [7, 11) is 0. The average molecular weight is 239 g/mol. The molecule has 2 heterocycles. The third-order valence-corrected chi connectivity index (χ3v) is 2.66. The molecule has 4 N–H and O–H groups in total. The Morgan fingerprint density at radius 2 is 1.94 bits per heavy atom. The summed E-state index contributed by atoms with van der Waals surface area (Å²) in [4.78, 5) is 4.28. The molecule has 5 heteroatoms. The van der Waals surface area contributed by atoms with Crippen molar-refractivity contribution < 1.29 is 0 Å². The van der Waals surface area contributed by atoms with Crippen LogP contribution in [0.3, 0.4) is 0 Å². The smallest absolute Gasteiger partial charge is 0.162 e. The van der Waals surface area contributed by atoms with E-state index in [1.54, 1.807) is 12.3 Å². The van der Waals surface area contributed by atoms with Gasteiger partial charge in [0.15, 0.2) is 5.65 Å². The van der Waals surface area contributed by atoms with Gasteiger partial charge in [0, 0.05) is 11.6 Å². The maximum absolute atomic E-state index is 5.99. The highest BCUT2D eigenvalue weighted by Gasteiger charge is 2.23. The number of halogens is 1. The molecule has 4 nitrogen and oxygen atoms in total. The highest BCUT2D eigenvalue weighted by Crippen LogP contribution is 2.31. The second-order valence-corrected chi connectivity index (χ2v) is 5.34. The molecule has 0 radical (unpaired) electrons. The minimum absolute atomic E-state index is 0.110. The van der Waals surface area contributed by atoms with Gasteiger partial charge in [-0.2, -0.15) is 0 Å². The van der Waals surface area contributed by atoms with E-state index in [1.165, 1.54) is 0 Å². The molecule has 0 aliphatic heterocycles. The van der Waals surface area contributed by atoms with E-state index in [4.69, 9.17) is 23.1 Å². The summed E-state index contributed by atoms with van der Waals surface area (Å²) in [5, 5.41) is 0.577. The zero-order chi connectivity index (χ0) is 12.1. The zero-order valence-corrected chi connectivity index (χ0v) is 10.3. The number of nitrogens with zero attached hydrogens (tertiary/aromatic N) is 2. The van der Waals surface area contributed by atoms with Crippen molar-refractivity contribution in [2.75, 3.05) is 11.5 Å². The van der Waals surface area contributed by atoms with Crippen LogP contribution in [-0.4, -0.2) is 9.38 Å². The van der Waals surface area contributed by atoms with Gasteiger partial charge in [-0.05, 0) is 6.07 Å². The molecular weight excluding hydrogens is 224 g/mol. The summed E-state index contributed by atoms with van der Waals surface area (Å²) in [5.74, 6) is 0.501. The first-order chi connectivity index (χ1) is 7.30. The van der Waals surface area contributed by atoms with Gasteiger partial charge in [-0.25, -0.2) is 4.98 Å². The summed E-state index contributed by atoms with van der Waals surface area (Å²) >= 11 is 5.99. The van der Waals surface area contributed by atoms with Gasteiger partial charge in [-0.15, -0.1) is 0 Å². The maximum atomic E-state index is 5.99. The average Bonchev–Trinajstić information content (AvgIpc) is 2.40. The molecular formula is C11H15ClN4. The van der Waals surface area contributed by atoms with Gasteiger partial charge in [0.05, 0.1) is 16.4 Å². The number of pyridine rings is 1. The summed E-state index contributed by atoms with van der Waals surface area (Å²) in [5.41, 5.74) is 13.8. The Balaban J connectivity index is 2.89. The topological polar surface area (TPSA) is 69.3 Å². The molecule has 2 aromatic heterocycles. The lowest BCUT2D eigenvalue weighted by Gasteiger charge is -2.19. The molecule has 0 fully saturated rings. The van der Waals surface area contributed by atoms with E-state index >= 15 is 0 Å². The Morgan fingerprint density at radius 1 is 1.31 bits per heavy atom. The van der Waals surface area contributed by atoms with Gasteiger partial charge in [0.25, 0.3) is 0 Å². The molecule has 86 valence electrons. The van der Waals surface area contributed by atoms with Gasteiger partial charge in [-0.3, -0.25) is 4.40 Å². The molecule has 16 heavy (non-hydrogen) atoms. The lowest BCUT2D eigenvalue weighted by molar-refractivity contribution is 0.566.